The quantitative estimate of drug-likeness (QED) is 0.648. The van der Waals surface area contributed by atoms with Crippen molar-refractivity contribution in [2.24, 2.45) is 0 Å². The first-order valence-electron chi connectivity index (χ1n) is 6.62. The summed E-state index contributed by atoms with van der Waals surface area (Å²) in [5, 5.41) is 0. The maximum Gasteiger partial charge on any atom is 0.334 e. The van der Waals surface area contributed by atoms with Gasteiger partial charge in [0.05, 0.1) is 10.8 Å². The molecule has 0 fully saturated rings. The van der Waals surface area contributed by atoms with Crippen molar-refractivity contribution in [1.82, 2.24) is 0 Å². The molecule has 0 aliphatic rings. The molecule has 96 valence electrons. The Hall–Kier alpha value is -0.850. The maximum atomic E-state index is 6.09. The fourth-order valence-electron chi connectivity index (χ4n) is 1.73. The first kappa shape index (κ1) is 14.2. The Morgan fingerprint density at radius 1 is 0.882 bits per heavy atom. The lowest BCUT2D eigenvalue weighted by Gasteiger charge is -2.14. The molecule has 0 aromatic carbocycles. The van der Waals surface area contributed by atoms with E-state index >= 15 is 0 Å². The molecule has 1 rings (SSSR count). The Bertz CT molecular complexity index is 345. The average molecular weight is 235 g/mol. The van der Waals surface area contributed by atoms with Crippen molar-refractivity contribution in [3.8, 4) is 0 Å². The highest BCUT2D eigenvalue weighted by molar-refractivity contribution is 5.25. The molecule has 0 saturated heterocycles. The van der Waals surface area contributed by atoms with Gasteiger partial charge in [-0.2, -0.15) is 0 Å². The van der Waals surface area contributed by atoms with E-state index in [0.717, 1.165) is 17.9 Å². The van der Waals surface area contributed by atoms with E-state index < -0.39 is 0 Å². The largest absolute Gasteiger partial charge is 0.334 e. The zero-order chi connectivity index (χ0) is 13.3. The fraction of sp³-hybridized carbons (Fsp3) is 0.688. The second kappa shape index (κ2) is 4.80. The number of hydrogen-bond donors (Lipinski definition) is 0. The highest BCUT2D eigenvalue weighted by Crippen LogP contribution is 2.30. The molecule has 0 saturated carbocycles. The highest BCUT2D eigenvalue weighted by atomic mass is 16.3. The summed E-state index contributed by atoms with van der Waals surface area (Å²) in [7, 11) is 0. The van der Waals surface area contributed by atoms with Gasteiger partial charge < -0.3 is 0 Å². The van der Waals surface area contributed by atoms with Crippen LogP contribution >= 0.6 is 0 Å². The van der Waals surface area contributed by atoms with Crippen molar-refractivity contribution in [1.29, 1.82) is 0 Å². The standard InChI is InChI=1S/C16H27O/c1-8-9-12-10-13(15(2,3)4)17-14(11-12)16(5,6)7/h10-11H,8-9H2,1-7H3/q+1. The molecule has 0 aliphatic heterocycles. The van der Waals surface area contributed by atoms with Gasteiger partial charge in [0.2, 0.25) is 0 Å². The molecule has 0 N–H and O–H groups in total. The molecular formula is C16H27O+. The SMILES string of the molecule is CCCc1cc(C(C)(C)C)[o+]c(C(C)(C)C)c1. The minimum Gasteiger partial charge on any atom is -0.217 e. The van der Waals surface area contributed by atoms with Gasteiger partial charge in [0.25, 0.3) is 0 Å². The summed E-state index contributed by atoms with van der Waals surface area (Å²) in [6, 6.07) is 4.44. The third kappa shape index (κ3) is 3.83. The average Bonchev–Trinajstić information content (AvgIpc) is 2.15. The summed E-state index contributed by atoms with van der Waals surface area (Å²) in [6.45, 7) is 15.4. The van der Waals surface area contributed by atoms with Crippen LogP contribution in [0.1, 0.15) is 72.0 Å². The molecule has 1 aromatic heterocycles. The van der Waals surface area contributed by atoms with Crippen LogP contribution in [0.25, 0.3) is 0 Å². The van der Waals surface area contributed by atoms with Gasteiger partial charge in [0, 0.05) is 12.1 Å². The molecule has 1 heteroatoms. The normalized spacial score (nSPS) is 12.9. The van der Waals surface area contributed by atoms with E-state index in [9.17, 15) is 0 Å². The summed E-state index contributed by atoms with van der Waals surface area (Å²) in [5.41, 5.74) is 1.54. The van der Waals surface area contributed by atoms with E-state index in [1.54, 1.807) is 0 Å². The van der Waals surface area contributed by atoms with Crippen LogP contribution in [0, 0.1) is 0 Å². The highest BCUT2D eigenvalue weighted by Gasteiger charge is 2.33. The Morgan fingerprint density at radius 2 is 1.29 bits per heavy atom. The molecule has 0 amide bonds. The van der Waals surface area contributed by atoms with Gasteiger partial charge in [-0.05, 0) is 53.5 Å². The van der Waals surface area contributed by atoms with Gasteiger partial charge in [-0.15, -0.1) is 0 Å². The maximum absolute atomic E-state index is 6.09. The number of hydrogen-bond acceptors (Lipinski definition) is 0. The second-order valence-electron chi connectivity index (χ2n) is 6.94. The predicted octanol–water partition coefficient (Wildman–Crippen LogP) is 5.11. The van der Waals surface area contributed by atoms with Crippen LogP contribution in [-0.4, -0.2) is 0 Å². The molecule has 0 aliphatic carbocycles. The Kier molecular flexibility index (Phi) is 4.01. The summed E-state index contributed by atoms with van der Waals surface area (Å²) in [5.74, 6) is 2.18. The van der Waals surface area contributed by atoms with Crippen molar-refractivity contribution >= 4 is 0 Å². The smallest absolute Gasteiger partial charge is 0.217 e. The zero-order valence-electron chi connectivity index (χ0n) is 12.5. The minimum atomic E-state index is 0.0732. The van der Waals surface area contributed by atoms with E-state index in [2.05, 4.69) is 60.6 Å². The molecule has 1 nitrogen and oxygen atoms in total. The number of aryl methyl sites for hydroxylation is 1. The second-order valence-corrected chi connectivity index (χ2v) is 6.94. The molecule has 0 spiro atoms. The van der Waals surface area contributed by atoms with Gasteiger partial charge in [0.1, 0.15) is 0 Å². The molecule has 0 unspecified atom stereocenters. The summed E-state index contributed by atoms with van der Waals surface area (Å²) >= 11 is 0. The van der Waals surface area contributed by atoms with Crippen molar-refractivity contribution in [3.63, 3.8) is 0 Å². The van der Waals surface area contributed by atoms with E-state index in [1.165, 1.54) is 12.0 Å². The van der Waals surface area contributed by atoms with Gasteiger partial charge in [0.15, 0.2) is 0 Å². The summed E-state index contributed by atoms with van der Waals surface area (Å²) < 4.78 is 6.09. The molecular weight excluding hydrogens is 208 g/mol. The Labute approximate surface area is 106 Å². The lowest BCUT2D eigenvalue weighted by atomic mass is 9.88. The zero-order valence-corrected chi connectivity index (χ0v) is 12.5. The van der Waals surface area contributed by atoms with Crippen molar-refractivity contribution in [3.05, 3.63) is 29.2 Å². The van der Waals surface area contributed by atoms with Crippen LogP contribution in [-0.2, 0) is 17.3 Å². The predicted molar refractivity (Wildman–Crippen MR) is 74.5 cm³/mol. The third-order valence-corrected chi connectivity index (χ3v) is 2.87. The first-order chi connectivity index (χ1) is 7.64. The molecule has 0 bridgehead atoms. The monoisotopic (exact) mass is 235 g/mol. The molecule has 1 aromatic rings. The molecule has 0 atom stereocenters. The summed E-state index contributed by atoms with van der Waals surface area (Å²) in [6.07, 6.45) is 2.31. The molecule has 17 heavy (non-hydrogen) atoms. The van der Waals surface area contributed by atoms with Gasteiger partial charge in [-0.25, -0.2) is 4.42 Å². The van der Waals surface area contributed by atoms with Gasteiger partial charge in [-0.3, -0.25) is 0 Å². The Balaban J connectivity index is 3.29. The minimum absolute atomic E-state index is 0.0732. The van der Waals surface area contributed by atoms with Gasteiger partial charge >= 0.3 is 11.5 Å². The lowest BCUT2D eigenvalue weighted by molar-refractivity contribution is 0.327. The van der Waals surface area contributed by atoms with E-state index in [0.29, 0.717) is 0 Å². The topological polar surface area (TPSA) is 11.3 Å². The fourth-order valence-corrected chi connectivity index (χ4v) is 1.73. The van der Waals surface area contributed by atoms with Gasteiger partial charge in [-0.1, -0.05) is 13.3 Å². The summed E-state index contributed by atoms with van der Waals surface area (Å²) in [4.78, 5) is 0. The van der Waals surface area contributed by atoms with E-state index in [-0.39, 0.29) is 10.8 Å². The number of rotatable bonds is 2. The van der Waals surface area contributed by atoms with E-state index in [4.69, 9.17) is 4.42 Å². The van der Waals surface area contributed by atoms with Crippen molar-refractivity contribution < 1.29 is 4.42 Å². The van der Waals surface area contributed by atoms with Crippen LogP contribution in [0.3, 0.4) is 0 Å². The van der Waals surface area contributed by atoms with Crippen LogP contribution in [0.2, 0.25) is 0 Å². The first-order valence-corrected chi connectivity index (χ1v) is 6.62. The van der Waals surface area contributed by atoms with Crippen molar-refractivity contribution in [2.75, 3.05) is 0 Å². The van der Waals surface area contributed by atoms with Crippen LogP contribution < -0.4 is 0 Å². The van der Waals surface area contributed by atoms with Crippen LogP contribution in [0.5, 0.6) is 0 Å². The van der Waals surface area contributed by atoms with Crippen molar-refractivity contribution in [2.45, 2.75) is 72.1 Å². The van der Waals surface area contributed by atoms with Crippen LogP contribution in [0.4, 0.5) is 0 Å². The third-order valence-electron chi connectivity index (χ3n) is 2.87. The Morgan fingerprint density at radius 3 is 1.59 bits per heavy atom. The molecule has 1 heterocycles. The lowest BCUT2D eigenvalue weighted by Crippen LogP contribution is -2.17. The van der Waals surface area contributed by atoms with E-state index in [1.807, 2.05) is 0 Å². The van der Waals surface area contributed by atoms with Crippen LogP contribution in [0.15, 0.2) is 16.5 Å². The molecule has 0 radical (unpaired) electrons.